The Bertz CT molecular complexity index is 311. The molecule has 0 saturated carbocycles. The Kier molecular flexibility index (Phi) is 9.91. The quantitative estimate of drug-likeness (QED) is 0.523. The van der Waals surface area contributed by atoms with Gasteiger partial charge in [0.25, 0.3) is 0 Å². The monoisotopic (exact) mass is 292 g/mol. The van der Waals surface area contributed by atoms with Gasteiger partial charge < -0.3 is 20.1 Å². The van der Waals surface area contributed by atoms with Gasteiger partial charge in [-0.05, 0) is 6.42 Å². The summed E-state index contributed by atoms with van der Waals surface area (Å²) in [6.07, 6.45) is 0.717. The van der Waals surface area contributed by atoms with Crippen molar-refractivity contribution in [3.05, 3.63) is 0 Å². The van der Waals surface area contributed by atoms with E-state index in [-0.39, 0.29) is 29.9 Å². The number of hydrogen-bond donors (Lipinski definition) is 2. The fourth-order valence-electron chi connectivity index (χ4n) is 1.14. The molecule has 0 radical (unpaired) electrons. The lowest BCUT2D eigenvalue weighted by Gasteiger charge is -2.16. The topological polar surface area (TPSA) is 95.9 Å². The van der Waals surface area contributed by atoms with Crippen molar-refractivity contribution in [3.63, 3.8) is 0 Å². The Morgan fingerprint density at radius 3 is 2.58 bits per heavy atom. The van der Waals surface area contributed by atoms with Crippen molar-refractivity contribution in [2.45, 2.75) is 6.42 Å². The van der Waals surface area contributed by atoms with Crippen LogP contribution in [0.15, 0.2) is 0 Å². The standard InChI is InChI=1S/C11H20N2O5S/c1-13(10(15)7-19-8-11(16)17)6-9(14)12-4-3-5-18-2/h3-8H2,1-2H3,(H,12,14)(H,16,17). The van der Waals surface area contributed by atoms with E-state index in [0.717, 1.165) is 11.8 Å². The first-order chi connectivity index (χ1) is 8.97. The van der Waals surface area contributed by atoms with Crippen LogP contribution >= 0.6 is 11.8 Å². The molecule has 2 amide bonds. The van der Waals surface area contributed by atoms with Crippen LogP contribution < -0.4 is 5.32 Å². The number of carboxylic acids is 1. The van der Waals surface area contributed by atoms with E-state index in [1.807, 2.05) is 0 Å². The molecule has 0 spiro atoms. The molecule has 0 aromatic carbocycles. The van der Waals surface area contributed by atoms with Crippen LogP contribution in [0.2, 0.25) is 0 Å². The summed E-state index contributed by atoms with van der Waals surface area (Å²) in [6, 6.07) is 0. The first kappa shape index (κ1) is 17.7. The summed E-state index contributed by atoms with van der Waals surface area (Å²) in [7, 11) is 3.10. The van der Waals surface area contributed by atoms with E-state index in [9.17, 15) is 14.4 Å². The van der Waals surface area contributed by atoms with Crippen molar-refractivity contribution in [3.8, 4) is 0 Å². The van der Waals surface area contributed by atoms with Crippen molar-refractivity contribution in [1.29, 1.82) is 0 Å². The second-order valence-electron chi connectivity index (χ2n) is 3.83. The lowest BCUT2D eigenvalue weighted by atomic mass is 10.4. The largest absolute Gasteiger partial charge is 0.481 e. The minimum atomic E-state index is -0.962. The zero-order chi connectivity index (χ0) is 14.7. The molecule has 0 saturated heterocycles. The van der Waals surface area contributed by atoms with Crippen molar-refractivity contribution >= 4 is 29.5 Å². The highest BCUT2D eigenvalue weighted by atomic mass is 32.2. The zero-order valence-corrected chi connectivity index (χ0v) is 12.0. The normalized spacial score (nSPS) is 10.0. The highest BCUT2D eigenvalue weighted by Gasteiger charge is 2.13. The second-order valence-corrected chi connectivity index (χ2v) is 4.82. The number of hydrogen-bond acceptors (Lipinski definition) is 5. The van der Waals surface area contributed by atoms with Gasteiger partial charge in [-0.2, -0.15) is 0 Å². The molecule has 0 heterocycles. The van der Waals surface area contributed by atoms with Crippen LogP contribution in [-0.2, 0) is 19.1 Å². The number of rotatable bonds is 10. The van der Waals surface area contributed by atoms with Crippen LogP contribution in [0.25, 0.3) is 0 Å². The van der Waals surface area contributed by atoms with Crippen LogP contribution in [0.1, 0.15) is 6.42 Å². The lowest BCUT2D eigenvalue weighted by Crippen LogP contribution is -2.39. The number of aliphatic carboxylic acids is 1. The Hall–Kier alpha value is -1.28. The van der Waals surface area contributed by atoms with Crippen molar-refractivity contribution in [2.75, 3.05) is 45.4 Å². The lowest BCUT2D eigenvalue weighted by molar-refractivity contribution is -0.134. The van der Waals surface area contributed by atoms with E-state index in [4.69, 9.17) is 9.84 Å². The Balaban J connectivity index is 3.75. The van der Waals surface area contributed by atoms with Gasteiger partial charge >= 0.3 is 5.97 Å². The predicted molar refractivity (Wildman–Crippen MR) is 72.1 cm³/mol. The fourth-order valence-corrected chi connectivity index (χ4v) is 1.81. The summed E-state index contributed by atoms with van der Waals surface area (Å²) in [5.74, 6) is -1.53. The molecule has 0 aliphatic carbocycles. The molecule has 0 aromatic heterocycles. The van der Waals surface area contributed by atoms with Gasteiger partial charge in [0.1, 0.15) is 0 Å². The van der Waals surface area contributed by atoms with Crippen molar-refractivity contribution in [2.24, 2.45) is 0 Å². The first-order valence-corrected chi connectivity index (χ1v) is 6.92. The minimum absolute atomic E-state index is 0.0283. The molecule has 0 aliphatic heterocycles. The molecule has 0 aromatic rings. The summed E-state index contributed by atoms with van der Waals surface area (Å²) >= 11 is 1.01. The van der Waals surface area contributed by atoms with Gasteiger partial charge in [0.05, 0.1) is 18.1 Å². The second kappa shape index (κ2) is 10.6. The smallest absolute Gasteiger partial charge is 0.313 e. The molecule has 8 heteroatoms. The van der Waals surface area contributed by atoms with Gasteiger partial charge in [-0.25, -0.2) is 0 Å². The number of nitrogens with one attached hydrogen (secondary N) is 1. The maximum absolute atomic E-state index is 11.5. The van der Waals surface area contributed by atoms with Gasteiger partial charge in [-0.15, -0.1) is 11.8 Å². The van der Waals surface area contributed by atoms with Gasteiger partial charge in [0.2, 0.25) is 11.8 Å². The van der Waals surface area contributed by atoms with Crippen LogP contribution in [0, 0.1) is 0 Å². The average molecular weight is 292 g/mol. The third-order valence-corrected chi connectivity index (χ3v) is 3.01. The van der Waals surface area contributed by atoms with Crippen LogP contribution in [0.5, 0.6) is 0 Å². The highest BCUT2D eigenvalue weighted by molar-refractivity contribution is 8.00. The molecule has 19 heavy (non-hydrogen) atoms. The van der Waals surface area contributed by atoms with Crippen molar-refractivity contribution in [1.82, 2.24) is 10.2 Å². The zero-order valence-electron chi connectivity index (χ0n) is 11.2. The van der Waals surface area contributed by atoms with E-state index < -0.39 is 5.97 Å². The summed E-state index contributed by atoms with van der Waals surface area (Å²) in [4.78, 5) is 34.6. The van der Waals surface area contributed by atoms with Crippen LogP contribution in [-0.4, -0.2) is 73.1 Å². The molecule has 0 fully saturated rings. The molecule has 0 rings (SSSR count). The Morgan fingerprint density at radius 1 is 1.32 bits per heavy atom. The number of methoxy groups -OCH3 is 1. The first-order valence-electron chi connectivity index (χ1n) is 5.76. The third kappa shape index (κ3) is 10.3. The summed E-state index contributed by atoms with van der Waals surface area (Å²) in [5.41, 5.74) is 0. The van der Waals surface area contributed by atoms with Crippen LogP contribution in [0.4, 0.5) is 0 Å². The number of ether oxygens (including phenoxy) is 1. The number of thioether (sulfide) groups is 1. The molecule has 0 aliphatic rings. The maximum Gasteiger partial charge on any atom is 0.313 e. The SMILES string of the molecule is COCCCNC(=O)CN(C)C(=O)CSCC(=O)O. The number of nitrogens with zero attached hydrogens (tertiary/aromatic N) is 1. The number of amides is 2. The minimum Gasteiger partial charge on any atom is -0.481 e. The highest BCUT2D eigenvalue weighted by Crippen LogP contribution is 2.01. The number of carboxylic acid groups (broad SMARTS) is 1. The molecule has 0 atom stereocenters. The van der Waals surface area contributed by atoms with E-state index in [1.54, 1.807) is 7.11 Å². The Morgan fingerprint density at radius 2 is 2.00 bits per heavy atom. The Labute approximate surface area is 116 Å². The fraction of sp³-hybridized carbons (Fsp3) is 0.727. The molecule has 0 bridgehead atoms. The molecular formula is C11H20N2O5S. The predicted octanol–water partition coefficient (Wildman–Crippen LogP) is -0.585. The maximum atomic E-state index is 11.5. The van der Waals surface area contributed by atoms with Crippen LogP contribution in [0.3, 0.4) is 0 Å². The number of likely N-dealkylation sites (N-methyl/N-ethyl adjacent to an activating group) is 1. The van der Waals surface area contributed by atoms with E-state index in [1.165, 1.54) is 11.9 Å². The number of carbonyl (C=O) groups excluding carboxylic acids is 2. The molecule has 0 unspecified atom stereocenters. The van der Waals surface area contributed by atoms with Gasteiger partial charge in [-0.1, -0.05) is 0 Å². The average Bonchev–Trinajstić information content (AvgIpc) is 2.34. The van der Waals surface area contributed by atoms with E-state index >= 15 is 0 Å². The van der Waals surface area contributed by atoms with Gasteiger partial charge in [0.15, 0.2) is 0 Å². The van der Waals surface area contributed by atoms with E-state index in [0.29, 0.717) is 19.6 Å². The van der Waals surface area contributed by atoms with Gasteiger partial charge in [-0.3, -0.25) is 14.4 Å². The molecule has 7 nitrogen and oxygen atoms in total. The van der Waals surface area contributed by atoms with Gasteiger partial charge in [0, 0.05) is 27.3 Å². The summed E-state index contributed by atoms with van der Waals surface area (Å²) in [6.45, 7) is 1.04. The summed E-state index contributed by atoms with van der Waals surface area (Å²) in [5, 5.41) is 11.1. The van der Waals surface area contributed by atoms with E-state index in [2.05, 4.69) is 5.32 Å². The third-order valence-electron chi connectivity index (χ3n) is 2.11. The van der Waals surface area contributed by atoms with Crippen molar-refractivity contribution < 1.29 is 24.2 Å². The molecule has 2 N–H and O–H groups in total. The number of carbonyl (C=O) groups is 3. The molecule has 110 valence electrons. The summed E-state index contributed by atoms with van der Waals surface area (Å²) < 4.78 is 4.84. The molecular weight excluding hydrogens is 272 g/mol.